The Hall–Kier alpha value is -2.52. The Kier molecular flexibility index (Phi) is 5.98. The lowest BCUT2D eigenvalue weighted by atomic mass is 10.1. The molecule has 9 heteroatoms. The monoisotopic (exact) mass is 441 g/mol. The van der Waals surface area contributed by atoms with Crippen molar-refractivity contribution in [1.82, 2.24) is 24.8 Å². The first-order chi connectivity index (χ1) is 14.7. The van der Waals surface area contributed by atoms with Crippen LogP contribution in [0.15, 0.2) is 28.5 Å². The second kappa shape index (κ2) is 8.55. The number of nitrogens with zero attached hydrogens (tertiary/aromatic N) is 5. The zero-order valence-electron chi connectivity index (χ0n) is 18.9. The molecule has 4 rings (SSSR count). The van der Waals surface area contributed by atoms with E-state index in [2.05, 4.69) is 71.8 Å². The highest BCUT2D eigenvalue weighted by atomic mass is 32.2. The minimum absolute atomic E-state index is 0.0895. The van der Waals surface area contributed by atoms with Crippen LogP contribution < -0.4 is 20.7 Å². The summed E-state index contributed by atoms with van der Waals surface area (Å²) in [4.78, 5) is 16.7. The second-order valence-electron chi connectivity index (χ2n) is 9.03. The Bertz CT molecular complexity index is 1090. The van der Waals surface area contributed by atoms with Gasteiger partial charge in [0.25, 0.3) is 0 Å². The van der Waals surface area contributed by atoms with Gasteiger partial charge in [-0.05, 0) is 63.2 Å². The molecule has 0 fully saturated rings. The van der Waals surface area contributed by atoms with E-state index in [1.807, 2.05) is 0 Å². The van der Waals surface area contributed by atoms with Crippen LogP contribution in [0.3, 0.4) is 0 Å². The zero-order valence-corrected chi connectivity index (χ0v) is 19.7. The number of nitrogen functional groups attached to an aromatic ring is 1. The van der Waals surface area contributed by atoms with Gasteiger partial charge in [-0.25, -0.2) is 15.0 Å². The number of fused-ring (bicyclic) bond motifs is 2. The molecule has 0 bridgehead atoms. The normalized spacial score (nSPS) is 13.5. The number of nitrogens with two attached hydrogens (primary N) is 1. The van der Waals surface area contributed by atoms with Crippen LogP contribution in [0.5, 0.6) is 5.75 Å². The summed E-state index contributed by atoms with van der Waals surface area (Å²) in [7, 11) is 4.12. The Balaban J connectivity index is 1.68. The van der Waals surface area contributed by atoms with Crippen molar-refractivity contribution in [3.05, 3.63) is 24.0 Å². The van der Waals surface area contributed by atoms with Crippen LogP contribution in [0.1, 0.15) is 32.8 Å². The fourth-order valence-corrected chi connectivity index (χ4v) is 4.77. The number of hydrogen-bond donors (Lipinski definition) is 2. The van der Waals surface area contributed by atoms with E-state index in [0.29, 0.717) is 11.3 Å². The third-order valence-corrected chi connectivity index (χ3v) is 6.23. The molecule has 1 aliphatic heterocycles. The number of hydrogen-bond acceptors (Lipinski definition) is 8. The van der Waals surface area contributed by atoms with E-state index >= 15 is 0 Å². The van der Waals surface area contributed by atoms with Crippen molar-refractivity contribution in [2.75, 3.05) is 37.9 Å². The Morgan fingerprint density at radius 1 is 1.26 bits per heavy atom. The minimum Gasteiger partial charge on any atom is -0.493 e. The molecule has 0 spiro atoms. The van der Waals surface area contributed by atoms with Gasteiger partial charge in [0.1, 0.15) is 12.1 Å². The summed E-state index contributed by atoms with van der Waals surface area (Å²) in [6, 6.07) is 4.35. The fourth-order valence-electron chi connectivity index (χ4n) is 3.64. The van der Waals surface area contributed by atoms with Crippen LogP contribution >= 0.6 is 11.8 Å². The van der Waals surface area contributed by atoms with Crippen molar-refractivity contribution >= 4 is 34.4 Å². The second-order valence-corrected chi connectivity index (χ2v) is 10.0. The molecule has 0 radical (unpaired) electrons. The summed E-state index contributed by atoms with van der Waals surface area (Å²) in [5.41, 5.74) is 10.0. The average molecular weight is 442 g/mol. The van der Waals surface area contributed by atoms with Crippen LogP contribution in [0.25, 0.3) is 11.2 Å². The molecule has 0 amide bonds. The molecule has 1 aliphatic rings. The Labute approximate surface area is 187 Å². The summed E-state index contributed by atoms with van der Waals surface area (Å²) < 4.78 is 7.97. The van der Waals surface area contributed by atoms with E-state index in [1.54, 1.807) is 11.8 Å². The molecule has 3 aromatic rings. The summed E-state index contributed by atoms with van der Waals surface area (Å²) in [6.45, 7) is 8.96. The van der Waals surface area contributed by atoms with Gasteiger partial charge in [-0.3, -0.25) is 0 Å². The van der Waals surface area contributed by atoms with Gasteiger partial charge in [-0.15, -0.1) is 0 Å². The lowest BCUT2D eigenvalue weighted by Gasteiger charge is -2.21. The smallest absolute Gasteiger partial charge is 0.175 e. The van der Waals surface area contributed by atoms with Gasteiger partial charge in [0.05, 0.1) is 12.3 Å². The minimum atomic E-state index is 0.0895. The predicted molar refractivity (Wildman–Crippen MR) is 126 cm³/mol. The lowest BCUT2D eigenvalue weighted by molar-refractivity contribution is 0.356. The van der Waals surface area contributed by atoms with Gasteiger partial charge in [-0.1, -0.05) is 0 Å². The van der Waals surface area contributed by atoms with Gasteiger partial charge >= 0.3 is 0 Å². The molecule has 0 atom stereocenters. The highest BCUT2D eigenvalue weighted by Gasteiger charge is 2.21. The summed E-state index contributed by atoms with van der Waals surface area (Å²) in [5.74, 6) is 1.37. The van der Waals surface area contributed by atoms with E-state index < -0.39 is 0 Å². The first-order valence-corrected chi connectivity index (χ1v) is 11.4. The molecule has 166 valence electrons. The molecule has 8 nitrogen and oxygen atoms in total. The van der Waals surface area contributed by atoms with Gasteiger partial charge in [0.2, 0.25) is 0 Å². The van der Waals surface area contributed by atoms with E-state index in [9.17, 15) is 0 Å². The van der Waals surface area contributed by atoms with Gasteiger partial charge in [0, 0.05) is 37.5 Å². The predicted octanol–water partition coefficient (Wildman–Crippen LogP) is 3.34. The van der Waals surface area contributed by atoms with Crippen molar-refractivity contribution in [1.29, 1.82) is 0 Å². The average Bonchev–Trinajstić information content (AvgIpc) is 3.29. The maximum atomic E-state index is 6.12. The first-order valence-electron chi connectivity index (χ1n) is 10.6. The van der Waals surface area contributed by atoms with Crippen LogP contribution in [-0.2, 0) is 13.0 Å². The van der Waals surface area contributed by atoms with Gasteiger partial charge < -0.3 is 25.3 Å². The van der Waals surface area contributed by atoms with Crippen molar-refractivity contribution in [3.8, 4) is 5.75 Å². The molecule has 2 aromatic heterocycles. The number of nitrogens with one attached hydrogen (secondary N) is 1. The van der Waals surface area contributed by atoms with Gasteiger partial charge in [-0.2, -0.15) is 0 Å². The lowest BCUT2D eigenvalue weighted by Crippen LogP contribution is -2.36. The molecule has 0 unspecified atom stereocenters. The van der Waals surface area contributed by atoms with Crippen LogP contribution in [-0.4, -0.2) is 52.3 Å². The first kappa shape index (κ1) is 21.7. The Morgan fingerprint density at radius 2 is 2.06 bits per heavy atom. The topological polar surface area (TPSA) is 94.1 Å². The van der Waals surface area contributed by atoms with E-state index in [4.69, 9.17) is 15.5 Å². The maximum absolute atomic E-state index is 6.12. The third kappa shape index (κ3) is 4.72. The summed E-state index contributed by atoms with van der Waals surface area (Å²) in [6.07, 6.45) is 3.41. The van der Waals surface area contributed by atoms with E-state index in [-0.39, 0.29) is 5.54 Å². The highest BCUT2D eigenvalue weighted by molar-refractivity contribution is 7.99. The Morgan fingerprint density at radius 3 is 2.81 bits per heavy atom. The number of rotatable bonds is 7. The molecule has 0 saturated carbocycles. The molecule has 0 saturated heterocycles. The molecule has 3 N–H and O–H groups in total. The number of aryl methyl sites for hydroxylation is 1. The van der Waals surface area contributed by atoms with Crippen molar-refractivity contribution in [2.24, 2.45) is 0 Å². The van der Waals surface area contributed by atoms with Crippen molar-refractivity contribution in [2.45, 2.75) is 55.7 Å². The molecule has 3 heterocycles. The number of benzene rings is 1. The summed E-state index contributed by atoms with van der Waals surface area (Å²) >= 11 is 1.62. The molecular weight excluding hydrogens is 410 g/mol. The largest absolute Gasteiger partial charge is 0.493 e. The fraction of sp³-hybridized carbons (Fsp3) is 0.500. The summed E-state index contributed by atoms with van der Waals surface area (Å²) in [5, 5.41) is 4.40. The SMILES string of the molecule is CN(C)c1cc2c(cc1Sc1nc3c(N)ncnc3n1CCCNC(C)(C)C)OCC2. The maximum Gasteiger partial charge on any atom is 0.175 e. The number of anilines is 2. The third-order valence-electron chi connectivity index (χ3n) is 5.19. The van der Waals surface area contributed by atoms with Crippen molar-refractivity contribution < 1.29 is 4.74 Å². The van der Waals surface area contributed by atoms with E-state index in [0.717, 1.165) is 59.7 Å². The van der Waals surface area contributed by atoms with E-state index in [1.165, 1.54) is 11.9 Å². The standard InChI is InChI=1S/C22H31N7OS/c1-22(2,3)26-8-6-9-29-20-18(19(23)24-13-25-20)27-21(29)31-17-12-16-14(7-10-30-16)11-15(17)28(4)5/h11-13,26H,6-10H2,1-5H3,(H2,23,24,25). The molecule has 31 heavy (non-hydrogen) atoms. The van der Waals surface area contributed by atoms with Crippen LogP contribution in [0.2, 0.25) is 0 Å². The molecular formula is C22H31N7OS. The molecule has 0 aliphatic carbocycles. The number of ether oxygens (including phenoxy) is 1. The molecule has 1 aromatic carbocycles. The van der Waals surface area contributed by atoms with Crippen LogP contribution in [0, 0.1) is 0 Å². The van der Waals surface area contributed by atoms with Crippen LogP contribution in [0.4, 0.5) is 11.5 Å². The number of imidazole rings is 1. The zero-order chi connectivity index (χ0) is 22.2. The van der Waals surface area contributed by atoms with Crippen molar-refractivity contribution in [3.63, 3.8) is 0 Å². The van der Waals surface area contributed by atoms with Gasteiger partial charge in [0.15, 0.2) is 22.1 Å². The quantitative estimate of drug-likeness (QED) is 0.539. The highest BCUT2D eigenvalue weighted by Crippen LogP contribution is 2.41. The number of aromatic nitrogens is 4.